The Morgan fingerprint density at radius 3 is 2.31 bits per heavy atom. The standard InChI is InChI=1S/C10H12F2N2O2/c1-6(2)3-7-4-13-8(14-5-7)10(11,12)9(15)16/h4-6H,3H2,1-2H3,(H,15,16). The van der Waals surface area contributed by atoms with Crippen LogP contribution in [0.3, 0.4) is 0 Å². The minimum atomic E-state index is -4.03. The van der Waals surface area contributed by atoms with E-state index >= 15 is 0 Å². The molecule has 0 fully saturated rings. The largest absolute Gasteiger partial charge is 0.476 e. The summed E-state index contributed by atoms with van der Waals surface area (Å²) in [5.41, 5.74) is 0.708. The summed E-state index contributed by atoms with van der Waals surface area (Å²) >= 11 is 0. The molecule has 0 aliphatic carbocycles. The molecule has 0 aliphatic rings. The van der Waals surface area contributed by atoms with Gasteiger partial charge in [-0.15, -0.1) is 0 Å². The number of alkyl halides is 2. The van der Waals surface area contributed by atoms with E-state index in [4.69, 9.17) is 5.11 Å². The topological polar surface area (TPSA) is 63.1 Å². The number of aromatic nitrogens is 2. The third-order valence-corrected chi connectivity index (χ3v) is 1.90. The first kappa shape index (κ1) is 12.5. The van der Waals surface area contributed by atoms with Crippen LogP contribution in [-0.4, -0.2) is 21.0 Å². The van der Waals surface area contributed by atoms with Crippen LogP contribution in [0.25, 0.3) is 0 Å². The van der Waals surface area contributed by atoms with E-state index in [2.05, 4.69) is 9.97 Å². The van der Waals surface area contributed by atoms with Crippen LogP contribution < -0.4 is 0 Å². The summed E-state index contributed by atoms with van der Waals surface area (Å²) in [5, 5.41) is 8.28. The minimum Gasteiger partial charge on any atom is -0.476 e. The van der Waals surface area contributed by atoms with E-state index in [-0.39, 0.29) is 0 Å². The maximum atomic E-state index is 12.9. The van der Waals surface area contributed by atoms with Gasteiger partial charge < -0.3 is 5.11 Å². The Morgan fingerprint density at radius 2 is 1.94 bits per heavy atom. The van der Waals surface area contributed by atoms with E-state index in [1.54, 1.807) is 0 Å². The van der Waals surface area contributed by atoms with Crippen molar-refractivity contribution in [1.29, 1.82) is 0 Å². The number of hydrogen-bond acceptors (Lipinski definition) is 3. The van der Waals surface area contributed by atoms with E-state index in [0.717, 1.165) is 0 Å². The van der Waals surface area contributed by atoms with E-state index in [1.807, 2.05) is 13.8 Å². The molecule has 0 saturated heterocycles. The van der Waals surface area contributed by atoms with Gasteiger partial charge in [-0.1, -0.05) is 13.8 Å². The predicted octanol–water partition coefficient (Wildman–Crippen LogP) is 1.85. The molecule has 0 bridgehead atoms. The quantitative estimate of drug-likeness (QED) is 0.857. The molecule has 0 atom stereocenters. The predicted molar refractivity (Wildman–Crippen MR) is 52.1 cm³/mol. The van der Waals surface area contributed by atoms with Crippen molar-refractivity contribution in [2.24, 2.45) is 5.92 Å². The van der Waals surface area contributed by atoms with Gasteiger partial charge >= 0.3 is 11.9 Å². The van der Waals surface area contributed by atoms with E-state index in [9.17, 15) is 13.6 Å². The maximum absolute atomic E-state index is 12.9. The number of halogens is 2. The summed E-state index contributed by atoms with van der Waals surface area (Å²) in [6, 6.07) is 0. The van der Waals surface area contributed by atoms with Crippen molar-refractivity contribution in [1.82, 2.24) is 9.97 Å². The highest BCUT2D eigenvalue weighted by Crippen LogP contribution is 2.24. The van der Waals surface area contributed by atoms with Crippen LogP contribution in [-0.2, 0) is 17.1 Å². The third-order valence-electron chi connectivity index (χ3n) is 1.90. The lowest BCUT2D eigenvalue weighted by atomic mass is 10.1. The zero-order valence-electron chi connectivity index (χ0n) is 8.94. The van der Waals surface area contributed by atoms with Crippen LogP contribution in [0.15, 0.2) is 12.4 Å². The molecule has 0 amide bonds. The van der Waals surface area contributed by atoms with Crippen molar-refractivity contribution in [3.8, 4) is 0 Å². The normalized spacial score (nSPS) is 11.8. The number of nitrogens with zero attached hydrogens (tertiary/aromatic N) is 2. The summed E-state index contributed by atoms with van der Waals surface area (Å²) < 4.78 is 25.9. The molecular weight excluding hydrogens is 218 g/mol. The molecule has 0 aliphatic heterocycles. The van der Waals surface area contributed by atoms with Gasteiger partial charge in [0.05, 0.1) is 0 Å². The number of aliphatic carboxylic acids is 1. The summed E-state index contributed by atoms with van der Waals surface area (Å²) in [4.78, 5) is 17.0. The Labute approximate surface area is 91.3 Å². The molecule has 0 aromatic carbocycles. The van der Waals surface area contributed by atoms with E-state index < -0.39 is 17.7 Å². The lowest BCUT2D eigenvalue weighted by molar-refractivity contribution is -0.167. The van der Waals surface area contributed by atoms with Gasteiger partial charge in [-0.05, 0) is 17.9 Å². The average molecular weight is 230 g/mol. The first-order valence-corrected chi connectivity index (χ1v) is 4.76. The van der Waals surface area contributed by atoms with Crippen LogP contribution in [0.1, 0.15) is 25.2 Å². The SMILES string of the molecule is CC(C)Cc1cnc(C(F)(F)C(=O)O)nc1. The Morgan fingerprint density at radius 1 is 1.44 bits per heavy atom. The van der Waals surface area contributed by atoms with E-state index in [0.29, 0.717) is 17.9 Å². The summed E-state index contributed by atoms with van der Waals surface area (Å²) in [5.74, 6) is -6.90. The first-order chi connectivity index (χ1) is 7.34. The average Bonchev–Trinajstić information content (AvgIpc) is 2.17. The molecule has 88 valence electrons. The molecule has 0 saturated carbocycles. The van der Waals surface area contributed by atoms with E-state index in [1.165, 1.54) is 12.4 Å². The van der Waals surface area contributed by atoms with Gasteiger partial charge in [0, 0.05) is 12.4 Å². The number of hydrogen-bond donors (Lipinski definition) is 1. The molecule has 0 unspecified atom stereocenters. The molecule has 1 N–H and O–H groups in total. The highest BCUT2D eigenvalue weighted by Gasteiger charge is 2.44. The second kappa shape index (κ2) is 4.51. The van der Waals surface area contributed by atoms with Crippen molar-refractivity contribution < 1.29 is 18.7 Å². The molecule has 0 radical (unpaired) electrons. The summed E-state index contributed by atoms with van der Waals surface area (Å²) in [6.45, 7) is 3.94. The smallest absolute Gasteiger partial charge is 0.400 e. The van der Waals surface area contributed by atoms with Gasteiger partial charge in [0.15, 0.2) is 0 Å². The number of carbonyl (C=O) groups is 1. The Bertz CT molecular complexity index is 377. The molecule has 1 rings (SSSR count). The van der Waals surface area contributed by atoms with Crippen LogP contribution >= 0.6 is 0 Å². The van der Waals surface area contributed by atoms with Gasteiger partial charge in [-0.3, -0.25) is 0 Å². The molecule has 1 heterocycles. The fraction of sp³-hybridized carbons (Fsp3) is 0.500. The number of carboxylic acid groups (broad SMARTS) is 1. The van der Waals surface area contributed by atoms with Crippen LogP contribution in [0, 0.1) is 5.92 Å². The molecular formula is C10H12F2N2O2. The van der Waals surface area contributed by atoms with Crippen LogP contribution in [0.4, 0.5) is 8.78 Å². The van der Waals surface area contributed by atoms with Crippen molar-refractivity contribution in [2.75, 3.05) is 0 Å². The fourth-order valence-corrected chi connectivity index (χ4v) is 1.19. The van der Waals surface area contributed by atoms with Crippen LogP contribution in [0.2, 0.25) is 0 Å². The molecule has 1 aromatic heterocycles. The van der Waals surface area contributed by atoms with Gasteiger partial charge in [0.1, 0.15) is 0 Å². The number of carboxylic acids is 1. The molecule has 6 heteroatoms. The summed E-state index contributed by atoms with van der Waals surface area (Å²) in [6.07, 6.45) is 3.14. The second-order valence-electron chi connectivity index (χ2n) is 3.89. The lowest BCUT2D eigenvalue weighted by Crippen LogP contribution is -2.27. The zero-order valence-corrected chi connectivity index (χ0v) is 8.94. The van der Waals surface area contributed by atoms with Crippen molar-refractivity contribution >= 4 is 5.97 Å². The zero-order chi connectivity index (χ0) is 12.3. The Balaban J connectivity index is 2.91. The number of rotatable bonds is 4. The third kappa shape index (κ3) is 2.71. The van der Waals surface area contributed by atoms with Crippen molar-refractivity contribution in [3.63, 3.8) is 0 Å². The molecule has 1 aromatic rings. The summed E-state index contributed by atoms with van der Waals surface area (Å²) in [7, 11) is 0. The van der Waals surface area contributed by atoms with Gasteiger partial charge in [-0.25, -0.2) is 14.8 Å². The lowest BCUT2D eigenvalue weighted by Gasteiger charge is -2.10. The van der Waals surface area contributed by atoms with Crippen LogP contribution in [0.5, 0.6) is 0 Å². The Kier molecular flexibility index (Phi) is 3.51. The maximum Gasteiger partial charge on any atom is 0.400 e. The minimum absolute atomic E-state index is 0.356. The molecule has 0 spiro atoms. The Hall–Kier alpha value is -1.59. The second-order valence-corrected chi connectivity index (χ2v) is 3.89. The van der Waals surface area contributed by atoms with Crippen molar-refractivity contribution in [3.05, 3.63) is 23.8 Å². The van der Waals surface area contributed by atoms with Crippen molar-refractivity contribution in [2.45, 2.75) is 26.2 Å². The highest BCUT2D eigenvalue weighted by atomic mass is 19.3. The van der Waals surface area contributed by atoms with Gasteiger partial charge in [-0.2, -0.15) is 8.78 Å². The molecule has 16 heavy (non-hydrogen) atoms. The van der Waals surface area contributed by atoms with Gasteiger partial charge in [0.25, 0.3) is 0 Å². The van der Waals surface area contributed by atoms with Gasteiger partial charge in [0.2, 0.25) is 5.82 Å². The highest BCUT2D eigenvalue weighted by molar-refractivity contribution is 5.75. The monoisotopic (exact) mass is 230 g/mol. The fourth-order valence-electron chi connectivity index (χ4n) is 1.19. The first-order valence-electron chi connectivity index (χ1n) is 4.76. The molecule has 4 nitrogen and oxygen atoms in total.